The maximum atomic E-state index is 4.62. The second kappa shape index (κ2) is 6.57. The summed E-state index contributed by atoms with van der Waals surface area (Å²) >= 11 is 0. The van der Waals surface area contributed by atoms with E-state index in [0.29, 0.717) is 11.8 Å². The molecule has 0 aliphatic rings. The fourth-order valence-corrected chi connectivity index (χ4v) is 1.69. The molecule has 18 heavy (non-hydrogen) atoms. The van der Waals surface area contributed by atoms with Gasteiger partial charge in [0.1, 0.15) is 17.5 Å². The molecule has 0 aromatic carbocycles. The first-order valence-corrected chi connectivity index (χ1v) is 6.75. The van der Waals surface area contributed by atoms with E-state index in [2.05, 4.69) is 48.3 Å². The molecule has 102 valence electrons. The highest BCUT2D eigenvalue weighted by molar-refractivity contribution is 5.57. The van der Waals surface area contributed by atoms with Crippen molar-refractivity contribution >= 4 is 11.6 Å². The van der Waals surface area contributed by atoms with E-state index < -0.39 is 0 Å². The van der Waals surface area contributed by atoms with Crippen molar-refractivity contribution in [2.45, 2.75) is 47.0 Å². The maximum Gasteiger partial charge on any atom is 0.135 e. The summed E-state index contributed by atoms with van der Waals surface area (Å²) in [7, 11) is 1.90. The van der Waals surface area contributed by atoms with Crippen LogP contribution in [0.1, 0.15) is 51.4 Å². The molecule has 0 bridgehead atoms. The first kappa shape index (κ1) is 14.7. The molecule has 4 heteroatoms. The van der Waals surface area contributed by atoms with E-state index in [1.165, 1.54) is 0 Å². The Kier molecular flexibility index (Phi) is 5.38. The highest BCUT2D eigenvalue weighted by Gasteiger charge is 2.11. The van der Waals surface area contributed by atoms with Gasteiger partial charge in [0.2, 0.25) is 0 Å². The predicted molar refractivity (Wildman–Crippen MR) is 78.3 cm³/mol. The lowest BCUT2D eigenvalue weighted by molar-refractivity contribution is 0.606. The molecule has 0 aliphatic heterocycles. The number of rotatable bonds is 6. The standard InChI is InChI=1S/C14H26N4/c1-9(2)7-8-16-14-11(5)13(15-6)17-12(18-14)10(3)4/h9-10H,7-8H2,1-6H3,(H2,15,16,17,18). The van der Waals surface area contributed by atoms with Crippen LogP contribution in [0.3, 0.4) is 0 Å². The van der Waals surface area contributed by atoms with Crippen LogP contribution in [0.15, 0.2) is 0 Å². The van der Waals surface area contributed by atoms with Gasteiger partial charge in [-0.3, -0.25) is 0 Å². The number of aromatic nitrogens is 2. The Balaban J connectivity index is 2.91. The van der Waals surface area contributed by atoms with Crippen LogP contribution in [-0.2, 0) is 0 Å². The van der Waals surface area contributed by atoms with Gasteiger partial charge in [0.05, 0.1) is 0 Å². The minimum atomic E-state index is 0.336. The van der Waals surface area contributed by atoms with Gasteiger partial charge in [0.25, 0.3) is 0 Å². The van der Waals surface area contributed by atoms with Crippen LogP contribution >= 0.6 is 0 Å². The Morgan fingerprint density at radius 2 is 1.67 bits per heavy atom. The van der Waals surface area contributed by atoms with Gasteiger partial charge in [-0.25, -0.2) is 9.97 Å². The number of nitrogens with one attached hydrogen (secondary N) is 2. The van der Waals surface area contributed by atoms with Crippen molar-refractivity contribution < 1.29 is 0 Å². The number of anilines is 2. The average molecular weight is 250 g/mol. The molecule has 0 aliphatic carbocycles. The fraction of sp³-hybridized carbons (Fsp3) is 0.714. The van der Waals surface area contributed by atoms with Crippen LogP contribution in [0, 0.1) is 12.8 Å². The van der Waals surface area contributed by atoms with E-state index in [4.69, 9.17) is 0 Å². The van der Waals surface area contributed by atoms with Crippen LogP contribution in [0.5, 0.6) is 0 Å². The Bertz CT molecular complexity index is 386. The average Bonchev–Trinajstić information content (AvgIpc) is 2.30. The predicted octanol–water partition coefficient (Wildman–Crippen LogP) is 3.41. The van der Waals surface area contributed by atoms with Crippen molar-refractivity contribution in [3.05, 3.63) is 11.4 Å². The fourth-order valence-electron chi connectivity index (χ4n) is 1.69. The Labute approximate surface area is 111 Å². The number of nitrogens with zero attached hydrogens (tertiary/aromatic N) is 2. The molecule has 2 N–H and O–H groups in total. The molecule has 0 saturated carbocycles. The molecule has 0 spiro atoms. The minimum Gasteiger partial charge on any atom is -0.373 e. The zero-order valence-corrected chi connectivity index (χ0v) is 12.5. The summed E-state index contributed by atoms with van der Waals surface area (Å²) in [5.41, 5.74) is 1.09. The first-order valence-electron chi connectivity index (χ1n) is 6.75. The van der Waals surface area contributed by atoms with Gasteiger partial charge in [-0.05, 0) is 19.3 Å². The van der Waals surface area contributed by atoms with Crippen molar-refractivity contribution in [3.8, 4) is 0 Å². The lowest BCUT2D eigenvalue weighted by Crippen LogP contribution is -2.12. The zero-order chi connectivity index (χ0) is 13.7. The third-order valence-electron chi connectivity index (χ3n) is 2.93. The zero-order valence-electron chi connectivity index (χ0n) is 12.5. The number of hydrogen-bond acceptors (Lipinski definition) is 4. The quantitative estimate of drug-likeness (QED) is 0.812. The SMILES string of the molecule is CNc1nc(C(C)C)nc(NCCC(C)C)c1C. The van der Waals surface area contributed by atoms with Gasteiger partial charge in [-0.15, -0.1) is 0 Å². The molecular weight excluding hydrogens is 224 g/mol. The van der Waals surface area contributed by atoms with Crippen molar-refractivity contribution in [1.82, 2.24) is 9.97 Å². The highest BCUT2D eigenvalue weighted by Crippen LogP contribution is 2.22. The summed E-state index contributed by atoms with van der Waals surface area (Å²) in [6.07, 6.45) is 1.15. The molecule has 0 saturated heterocycles. The second-order valence-corrected chi connectivity index (χ2v) is 5.42. The molecule has 1 heterocycles. The topological polar surface area (TPSA) is 49.8 Å². The van der Waals surface area contributed by atoms with Gasteiger partial charge in [0.15, 0.2) is 0 Å². The van der Waals surface area contributed by atoms with Gasteiger partial charge >= 0.3 is 0 Å². The van der Waals surface area contributed by atoms with E-state index >= 15 is 0 Å². The third-order valence-corrected chi connectivity index (χ3v) is 2.93. The molecule has 0 amide bonds. The lowest BCUT2D eigenvalue weighted by atomic mass is 10.1. The van der Waals surface area contributed by atoms with Gasteiger partial charge in [-0.1, -0.05) is 27.7 Å². The molecule has 0 atom stereocenters. The Hall–Kier alpha value is -1.32. The lowest BCUT2D eigenvalue weighted by Gasteiger charge is -2.15. The summed E-state index contributed by atoms with van der Waals surface area (Å²) in [5, 5.41) is 6.56. The van der Waals surface area contributed by atoms with Crippen LogP contribution in [-0.4, -0.2) is 23.6 Å². The molecular formula is C14H26N4. The third kappa shape index (κ3) is 3.86. The molecule has 0 radical (unpaired) electrons. The summed E-state index contributed by atoms with van der Waals surface area (Å²) in [6, 6.07) is 0. The minimum absolute atomic E-state index is 0.336. The van der Waals surface area contributed by atoms with Crippen LogP contribution in [0.4, 0.5) is 11.6 Å². The van der Waals surface area contributed by atoms with E-state index in [1.54, 1.807) is 0 Å². The largest absolute Gasteiger partial charge is 0.373 e. The normalized spacial score (nSPS) is 11.1. The molecule has 4 nitrogen and oxygen atoms in total. The number of hydrogen-bond donors (Lipinski definition) is 2. The second-order valence-electron chi connectivity index (χ2n) is 5.42. The summed E-state index contributed by atoms with van der Waals surface area (Å²) < 4.78 is 0. The molecule has 0 fully saturated rings. The van der Waals surface area contributed by atoms with E-state index in [9.17, 15) is 0 Å². The Morgan fingerprint density at radius 1 is 1.06 bits per heavy atom. The molecule has 0 unspecified atom stereocenters. The molecule has 1 aromatic rings. The van der Waals surface area contributed by atoms with Crippen LogP contribution in [0.25, 0.3) is 0 Å². The summed E-state index contributed by atoms with van der Waals surface area (Å²) in [4.78, 5) is 9.15. The first-order chi connectivity index (χ1) is 8.45. The van der Waals surface area contributed by atoms with Crippen molar-refractivity contribution in [2.75, 3.05) is 24.2 Å². The van der Waals surface area contributed by atoms with Crippen LogP contribution in [0.2, 0.25) is 0 Å². The Morgan fingerprint density at radius 3 is 2.17 bits per heavy atom. The summed E-state index contributed by atoms with van der Waals surface area (Å²) in [5.74, 6) is 3.80. The van der Waals surface area contributed by atoms with E-state index in [-0.39, 0.29) is 0 Å². The summed E-state index contributed by atoms with van der Waals surface area (Å²) in [6.45, 7) is 11.7. The smallest absolute Gasteiger partial charge is 0.135 e. The van der Waals surface area contributed by atoms with Crippen LogP contribution < -0.4 is 10.6 Å². The maximum absolute atomic E-state index is 4.62. The van der Waals surface area contributed by atoms with Gasteiger partial charge in [0, 0.05) is 25.1 Å². The van der Waals surface area contributed by atoms with Crippen molar-refractivity contribution in [1.29, 1.82) is 0 Å². The van der Waals surface area contributed by atoms with Crippen molar-refractivity contribution in [3.63, 3.8) is 0 Å². The van der Waals surface area contributed by atoms with Gasteiger partial charge < -0.3 is 10.6 Å². The molecule has 1 aromatic heterocycles. The molecule has 1 rings (SSSR count). The van der Waals surface area contributed by atoms with Gasteiger partial charge in [-0.2, -0.15) is 0 Å². The van der Waals surface area contributed by atoms with E-state index in [1.807, 2.05) is 14.0 Å². The highest BCUT2D eigenvalue weighted by atomic mass is 15.1. The monoisotopic (exact) mass is 250 g/mol. The van der Waals surface area contributed by atoms with E-state index in [0.717, 1.165) is 36.0 Å². The van der Waals surface area contributed by atoms with Crippen molar-refractivity contribution in [2.24, 2.45) is 5.92 Å².